The van der Waals surface area contributed by atoms with Crippen molar-refractivity contribution in [1.29, 1.82) is 5.41 Å². The number of hydrogen-bond acceptors (Lipinski definition) is 15. The Bertz CT molecular complexity index is 2830. The van der Waals surface area contributed by atoms with Crippen molar-refractivity contribution in [2.45, 2.75) is 71.4 Å². The largest absolute Gasteiger partial charge is 0.508 e. The van der Waals surface area contributed by atoms with Crippen molar-refractivity contribution in [2.75, 3.05) is 69.3 Å². The molecule has 3 aromatic carbocycles. The van der Waals surface area contributed by atoms with Gasteiger partial charge in [0, 0.05) is 86.7 Å². The van der Waals surface area contributed by atoms with Gasteiger partial charge >= 0.3 is 18.0 Å². The molecule has 70 heavy (non-hydrogen) atoms. The topological polar surface area (TPSA) is 243 Å². The van der Waals surface area contributed by atoms with E-state index in [2.05, 4.69) is 9.80 Å². The average molecular weight is 957 g/mol. The second-order valence-corrected chi connectivity index (χ2v) is 18.6. The summed E-state index contributed by atoms with van der Waals surface area (Å²) in [6, 6.07) is 13.8. The highest BCUT2D eigenvalue weighted by molar-refractivity contribution is 6.22. The van der Waals surface area contributed by atoms with Gasteiger partial charge in [0.25, 0.3) is 0 Å². The highest BCUT2D eigenvalue weighted by Gasteiger charge is 2.51. The molecule has 0 saturated carbocycles. The fourth-order valence-corrected chi connectivity index (χ4v) is 10.1. The fraction of sp³-hybridized carbons (Fsp3) is 0.404. The molecular weight excluding hydrogens is 897 g/mol. The predicted octanol–water partition coefficient (Wildman–Crippen LogP) is 5.54. The van der Waals surface area contributed by atoms with Gasteiger partial charge in [0.2, 0.25) is 11.5 Å². The Balaban J connectivity index is 0.879. The van der Waals surface area contributed by atoms with E-state index in [1.54, 1.807) is 48.2 Å². The molecule has 4 aliphatic rings. The van der Waals surface area contributed by atoms with Crippen LogP contribution in [0.2, 0.25) is 0 Å². The summed E-state index contributed by atoms with van der Waals surface area (Å²) in [5.74, 6) is -2.79. The van der Waals surface area contributed by atoms with E-state index in [0.717, 1.165) is 33.2 Å². The zero-order valence-electron chi connectivity index (χ0n) is 40.2. The maximum absolute atomic E-state index is 14.1. The summed E-state index contributed by atoms with van der Waals surface area (Å²) < 4.78 is 11.7. The van der Waals surface area contributed by atoms with Crippen LogP contribution in [0.1, 0.15) is 80.8 Å². The summed E-state index contributed by atoms with van der Waals surface area (Å²) >= 11 is 0. The minimum absolute atomic E-state index is 0.0120. The number of phenols is 3. The molecule has 0 radical (unpaired) electrons. The van der Waals surface area contributed by atoms with Crippen LogP contribution in [0.3, 0.4) is 0 Å². The molecule has 8 rings (SSSR count). The zero-order valence-corrected chi connectivity index (χ0v) is 40.2. The molecule has 3 amide bonds. The Labute approximate surface area is 406 Å². The normalized spacial score (nSPS) is 19.4. The van der Waals surface area contributed by atoms with Gasteiger partial charge in [-0.2, -0.15) is 0 Å². The number of carbonyl (C=O) groups is 5. The number of esters is 2. The van der Waals surface area contributed by atoms with Crippen molar-refractivity contribution in [3.63, 3.8) is 0 Å². The second kappa shape index (κ2) is 19.9. The third-order valence-electron chi connectivity index (χ3n) is 14.1. The Morgan fingerprint density at radius 3 is 2.31 bits per heavy atom. The van der Waals surface area contributed by atoms with Crippen LogP contribution < -0.4 is 15.5 Å². The number of piperazine rings is 1. The summed E-state index contributed by atoms with van der Waals surface area (Å²) in [6.07, 6.45) is 3.72. The van der Waals surface area contributed by atoms with E-state index in [1.165, 1.54) is 6.07 Å². The van der Waals surface area contributed by atoms with Gasteiger partial charge in [-0.15, -0.1) is 0 Å². The Morgan fingerprint density at radius 2 is 1.69 bits per heavy atom. The van der Waals surface area contributed by atoms with Gasteiger partial charge in [0.15, 0.2) is 0 Å². The molecule has 4 aliphatic heterocycles. The Hall–Kier alpha value is -7.47. The number of anilines is 2. The number of likely N-dealkylation sites (tertiary alicyclic amines) is 1. The third kappa shape index (κ3) is 9.22. The molecule has 0 aliphatic carbocycles. The number of primary amides is 1. The molecule has 5 heterocycles. The molecule has 1 aromatic heterocycles. The monoisotopic (exact) mass is 956 g/mol. The number of carbonyl (C=O) groups excluding carboxylic acids is 5. The fourth-order valence-electron chi connectivity index (χ4n) is 10.1. The number of nitrogens with two attached hydrogens (primary N) is 1. The van der Waals surface area contributed by atoms with Crippen LogP contribution in [0.15, 0.2) is 71.8 Å². The van der Waals surface area contributed by atoms with Crippen molar-refractivity contribution in [3.05, 3.63) is 99.8 Å². The van der Waals surface area contributed by atoms with Crippen LogP contribution >= 0.6 is 0 Å². The van der Waals surface area contributed by atoms with Crippen molar-refractivity contribution in [2.24, 2.45) is 11.7 Å². The SMILES string of the molecule is CCc1c2c(nc3ccc(O)cc13)/C(=C/C1=C(C=O)COC(=O)C1(CC)OC(=O)C1CCN(C(=O)CN3CCN(c4ccc(N(C(=N)c5cc(C(C)C)c(O)cc5O)C(N)=O)cc4)CC3)CC1)N(C)C2. The van der Waals surface area contributed by atoms with Crippen LogP contribution in [0.5, 0.6) is 17.2 Å². The van der Waals surface area contributed by atoms with Gasteiger partial charge in [-0.25, -0.2) is 19.5 Å². The van der Waals surface area contributed by atoms with Crippen molar-refractivity contribution >= 4 is 64.0 Å². The summed E-state index contributed by atoms with van der Waals surface area (Å²) in [4.78, 5) is 80.6. The van der Waals surface area contributed by atoms with Gasteiger partial charge in [0.05, 0.1) is 40.6 Å². The average Bonchev–Trinajstić information content (AvgIpc) is 3.65. The van der Waals surface area contributed by atoms with Gasteiger partial charge < -0.3 is 45.2 Å². The maximum atomic E-state index is 14.1. The lowest BCUT2D eigenvalue weighted by Gasteiger charge is -2.39. The first-order valence-corrected chi connectivity index (χ1v) is 23.7. The van der Waals surface area contributed by atoms with E-state index in [4.69, 9.17) is 25.6 Å². The number of aryl methyl sites for hydroxylation is 1. The molecule has 2 fully saturated rings. The highest BCUT2D eigenvalue weighted by atomic mass is 16.6. The van der Waals surface area contributed by atoms with E-state index in [-0.39, 0.29) is 71.2 Å². The number of nitrogens with zero attached hydrogens (tertiary/aromatic N) is 6. The van der Waals surface area contributed by atoms with E-state index in [9.17, 15) is 39.3 Å². The zero-order chi connectivity index (χ0) is 50.2. The first-order valence-electron chi connectivity index (χ1n) is 23.7. The Kier molecular flexibility index (Phi) is 13.9. The number of aromatic hydroxyl groups is 3. The number of urea groups is 1. The number of piperidine rings is 1. The van der Waals surface area contributed by atoms with E-state index in [1.807, 2.05) is 44.9 Å². The molecule has 368 valence electrons. The number of amides is 3. The number of phenolic OH excluding ortho intramolecular Hbond substituents is 3. The lowest BCUT2D eigenvalue weighted by atomic mass is 9.84. The van der Waals surface area contributed by atoms with Gasteiger partial charge in [-0.3, -0.25) is 24.7 Å². The van der Waals surface area contributed by atoms with Crippen molar-refractivity contribution in [1.82, 2.24) is 19.7 Å². The van der Waals surface area contributed by atoms with Crippen molar-refractivity contribution in [3.8, 4) is 17.2 Å². The summed E-state index contributed by atoms with van der Waals surface area (Å²) in [7, 11) is 1.89. The minimum Gasteiger partial charge on any atom is -0.508 e. The highest BCUT2D eigenvalue weighted by Crippen LogP contribution is 2.42. The smallest absolute Gasteiger partial charge is 0.355 e. The molecule has 1 atom stereocenters. The quantitative estimate of drug-likeness (QED) is 0.0507. The number of amidine groups is 1. The van der Waals surface area contributed by atoms with Crippen LogP contribution in [0, 0.1) is 11.3 Å². The first-order chi connectivity index (χ1) is 33.5. The Morgan fingerprint density at radius 1 is 0.986 bits per heavy atom. The summed E-state index contributed by atoms with van der Waals surface area (Å²) in [5.41, 5.74) is 10.1. The number of rotatable bonds is 12. The van der Waals surface area contributed by atoms with E-state index < -0.39 is 29.5 Å². The van der Waals surface area contributed by atoms with Crippen LogP contribution in [0.4, 0.5) is 16.2 Å². The van der Waals surface area contributed by atoms with E-state index in [0.29, 0.717) is 99.5 Å². The molecule has 18 heteroatoms. The molecule has 0 bridgehead atoms. The van der Waals surface area contributed by atoms with Crippen LogP contribution in [0.25, 0.3) is 16.6 Å². The maximum Gasteiger partial charge on any atom is 0.355 e. The van der Waals surface area contributed by atoms with Crippen LogP contribution in [-0.4, -0.2) is 136 Å². The lowest BCUT2D eigenvalue weighted by Crippen LogP contribution is -2.52. The minimum atomic E-state index is -1.89. The van der Waals surface area contributed by atoms with Gasteiger partial charge in [-0.1, -0.05) is 27.7 Å². The number of aromatic nitrogens is 1. The van der Waals surface area contributed by atoms with E-state index >= 15 is 0 Å². The molecule has 0 spiro atoms. The number of fused-ring (bicyclic) bond motifs is 2. The summed E-state index contributed by atoms with van der Waals surface area (Å²) in [6.45, 7) is 11.0. The number of benzene rings is 3. The first kappa shape index (κ1) is 49.0. The van der Waals surface area contributed by atoms with Gasteiger partial charge in [-0.05, 0) is 97.3 Å². The number of ether oxygens (including phenoxy) is 2. The number of cyclic esters (lactones) is 1. The number of pyridine rings is 1. The predicted molar refractivity (Wildman–Crippen MR) is 263 cm³/mol. The third-order valence-corrected chi connectivity index (χ3v) is 14.1. The molecular formula is C52H60N8O10. The lowest BCUT2D eigenvalue weighted by molar-refractivity contribution is -0.183. The molecule has 1 unspecified atom stereocenters. The number of nitrogens with one attached hydrogen (secondary N) is 1. The van der Waals surface area contributed by atoms with Crippen molar-refractivity contribution < 1.29 is 48.8 Å². The number of aldehydes is 1. The summed E-state index contributed by atoms with van der Waals surface area (Å²) in [5, 5.41) is 40.7. The van der Waals surface area contributed by atoms with Gasteiger partial charge in [0.1, 0.15) is 36.0 Å². The molecule has 18 nitrogen and oxygen atoms in total. The number of hydrogen-bond donors (Lipinski definition) is 5. The molecule has 2 saturated heterocycles. The standard InChI is InChI=1S/C52H60N8O10/c1-6-36-38-22-35(62)12-13-42(38)55-47-40(36)26-56(5)43(47)24-41-32(28-61)29-69-50(67)52(41,7-2)70-49(66)31-14-16-59(17-15-31)46(65)27-57-18-20-58(21-19-57)33-8-10-34(11-9-33)60(51(54)68)48(53)39-23-37(30(3)4)44(63)25-45(39)64/h8-13,22-25,28,30-31,53,62-64H,6-7,14-21,26-27,29H2,1-5H3,(H2,54,68)/b43-24-,53-48?. The second-order valence-electron chi connectivity index (χ2n) is 18.6. The molecule has 6 N–H and O–H groups in total. The molecule has 4 aromatic rings. The van der Waals surface area contributed by atoms with Crippen LogP contribution in [-0.2, 0) is 41.6 Å².